The Bertz CT molecular complexity index is 1070. The van der Waals surface area contributed by atoms with E-state index in [2.05, 4.69) is 24.1 Å². The molecule has 1 aliphatic heterocycles. The second-order valence-electron chi connectivity index (χ2n) is 8.18. The van der Waals surface area contributed by atoms with Crippen molar-refractivity contribution >= 4 is 22.7 Å². The summed E-state index contributed by atoms with van der Waals surface area (Å²) in [6.07, 6.45) is 4.52. The standard InChI is InChI=1S/C23H28N4O3/c1-15(2)13-27-21(14-26-10-4-5-20(26)23(27)29)22(28)24-9-8-16-12-25-19-7-6-17(30-3)11-18(16)19/h4-7,10-12,15,21,25H,8-9,13-14H2,1-3H3,(H,24,28). The van der Waals surface area contributed by atoms with Gasteiger partial charge in [0.1, 0.15) is 17.5 Å². The van der Waals surface area contributed by atoms with E-state index < -0.39 is 6.04 Å². The lowest BCUT2D eigenvalue weighted by molar-refractivity contribution is -0.126. The molecule has 30 heavy (non-hydrogen) atoms. The lowest BCUT2D eigenvalue weighted by Crippen LogP contribution is -2.56. The molecule has 0 radical (unpaired) electrons. The van der Waals surface area contributed by atoms with Gasteiger partial charge in [-0.15, -0.1) is 0 Å². The van der Waals surface area contributed by atoms with Gasteiger partial charge in [-0.2, -0.15) is 0 Å². The Kier molecular flexibility index (Phi) is 5.53. The average molecular weight is 409 g/mol. The summed E-state index contributed by atoms with van der Waals surface area (Å²) in [5, 5.41) is 4.13. The number of fused-ring (bicyclic) bond motifs is 2. The number of nitrogens with one attached hydrogen (secondary N) is 2. The highest BCUT2D eigenvalue weighted by Gasteiger charge is 2.36. The molecule has 0 spiro atoms. The van der Waals surface area contributed by atoms with Crippen molar-refractivity contribution in [3.63, 3.8) is 0 Å². The Hall–Kier alpha value is -3.22. The van der Waals surface area contributed by atoms with E-state index in [4.69, 9.17) is 4.74 Å². The van der Waals surface area contributed by atoms with Gasteiger partial charge < -0.3 is 24.5 Å². The van der Waals surface area contributed by atoms with Crippen molar-refractivity contribution in [2.45, 2.75) is 32.9 Å². The maximum Gasteiger partial charge on any atom is 0.271 e. The molecule has 2 N–H and O–H groups in total. The van der Waals surface area contributed by atoms with Crippen molar-refractivity contribution in [1.82, 2.24) is 19.8 Å². The molecule has 7 heteroatoms. The predicted octanol–water partition coefficient (Wildman–Crippen LogP) is 2.82. The number of amides is 2. The third-order valence-corrected chi connectivity index (χ3v) is 5.59. The van der Waals surface area contributed by atoms with Crippen LogP contribution in [-0.4, -0.2) is 52.5 Å². The molecule has 3 aromatic rings. The van der Waals surface area contributed by atoms with E-state index in [1.165, 1.54) is 0 Å². The summed E-state index contributed by atoms with van der Waals surface area (Å²) in [5.74, 6) is 0.900. The zero-order chi connectivity index (χ0) is 21.3. The molecular weight excluding hydrogens is 380 g/mol. The van der Waals surface area contributed by atoms with E-state index >= 15 is 0 Å². The largest absolute Gasteiger partial charge is 0.497 e. The van der Waals surface area contributed by atoms with E-state index in [1.54, 1.807) is 12.0 Å². The zero-order valence-corrected chi connectivity index (χ0v) is 17.6. The van der Waals surface area contributed by atoms with Gasteiger partial charge in [0.2, 0.25) is 5.91 Å². The highest BCUT2D eigenvalue weighted by Crippen LogP contribution is 2.24. The Balaban J connectivity index is 1.45. The van der Waals surface area contributed by atoms with Gasteiger partial charge in [0.25, 0.3) is 5.91 Å². The van der Waals surface area contributed by atoms with Crippen LogP contribution < -0.4 is 10.1 Å². The van der Waals surface area contributed by atoms with Gasteiger partial charge in [0.15, 0.2) is 0 Å². The van der Waals surface area contributed by atoms with Gasteiger partial charge in [-0.1, -0.05) is 13.8 Å². The maximum absolute atomic E-state index is 13.0. The number of rotatable bonds is 7. The van der Waals surface area contributed by atoms with Crippen molar-refractivity contribution in [2.75, 3.05) is 20.2 Å². The van der Waals surface area contributed by atoms with E-state index in [9.17, 15) is 9.59 Å². The minimum atomic E-state index is -0.497. The smallest absolute Gasteiger partial charge is 0.271 e. The van der Waals surface area contributed by atoms with Gasteiger partial charge in [0.05, 0.1) is 13.7 Å². The van der Waals surface area contributed by atoms with E-state index in [0.717, 1.165) is 22.2 Å². The number of nitrogens with zero attached hydrogens (tertiary/aromatic N) is 2. The van der Waals surface area contributed by atoms with Crippen LogP contribution in [0.3, 0.4) is 0 Å². The van der Waals surface area contributed by atoms with Crippen molar-refractivity contribution < 1.29 is 14.3 Å². The molecule has 1 aliphatic rings. The van der Waals surface area contributed by atoms with Gasteiger partial charge in [0, 0.05) is 36.4 Å². The van der Waals surface area contributed by atoms with Crippen LogP contribution in [0, 0.1) is 5.92 Å². The summed E-state index contributed by atoms with van der Waals surface area (Å²) < 4.78 is 7.19. The first-order chi connectivity index (χ1) is 14.5. The number of methoxy groups -OCH3 is 1. The van der Waals surface area contributed by atoms with Crippen LogP contribution in [0.15, 0.2) is 42.7 Å². The molecule has 0 saturated heterocycles. The van der Waals surface area contributed by atoms with Gasteiger partial charge in [-0.05, 0) is 48.2 Å². The normalized spacial score (nSPS) is 16.2. The maximum atomic E-state index is 13.0. The molecule has 1 aromatic carbocycles. The van der Waals surface area contributed by atoms with Crippen molar-refractivity contribution in [2.24, 2.45) is 5.92 Å². The molecule has 158 valence electrons. The molecule has 3 heterocycles. The first-order valence-corrected chi connectivity index (χ1v) is 10.4. The number of aromatic nitrogens is 2. The molecule has 2 aromatic heterocycles. The average Bonchev–Trinajstić information content (AvgIpc) is 3.36. The number of H-pyrrole nitrogens is 1. The Morgan fingerprint density at radius 2 is 2.17 bits per heavy atom. The van der Waals surface area contributed by atoms with Crippen molar-refractivity contribution in [1.29, 1.82) is 0 Å². The first kappa shape index (κ1) is 20.1. The molecule has 0 fully saturated rings. The summed E-state index contributed by atoms with van der Waals surface area (Å²) in [6, 6.07) is 9.08. The van der Waals surface area contributed by atoms with Crippen LogP contribution in [0.5, 0.6) is 5.75 Å². The highest BCUT2D eigenvalue weighted by molar-refractivity contribution is 5.97. The third kappa shape index (κ3) is 3.79. The molecule has 0 bridgehead atoms. The molecule has 2 amide bonds. The third-order valence-electron chi connectivity index (χ3n) is 5.59. The van der Waals surface area contributed by atoms with Gasteiger partial charge >= 0.3 is 0 Å². The summed E-state index contributed by atoms with van der Waals surface area (Å²) in [4.78, 5) is 30.9. The van der Waals surface area contributed by atoms with Crippen LogP contribution in [0.25, 0.3) is 10.9 Å². The SMILES string of the molecule is COc1ccc2[nH]cc(CCNC(=O)C3Cn4cccc4C(=O)N3CC(C)C)c2c1. The monoisotopic (exact) mass is 408 g/mol. The number of benzene rings is 1. The lowest BCUT2D eigenvalue weighted by Gasteiger charge is -2.36. The molecule has 1 unspecified atom stereocenters. The van der Waals surface area contributed by atoms with Gasteiger partial charge in [-0.25, -0.2) is 0 Å². The summed E-state index contributed by atoms with van der Waals surface area (Å²) in [6.45, 7) is 5.66. The van der Waals surface area contributed by atoms with Crippen molar-refractivity contribution in [3.8, 4) is 5.75 Å². The van der Waals surface area contributed by atoms with Crippen LogP contribution >= 0.6 is 0 Å². The minimum absolute atomic E-state index is 0.0798. The summed E-state index contributed by atoms with van der Waals surface area (Å²) in [7, 11) is 1.65. The molecule has 1 atom stereocenters. The molecule has 0 aliphatic carbocycles. The molecule has 4 rings (SSSR count). The van der Waals surface area contributed by atoms with E-state index in [1.807, 2.05) is 47.3 Å². The quantitative estimate of drug-likeness (QED) is 0.631. The first-order valence-electron chi connectivity index (χ1n) is 10.4. The lowest BCUT2D eigenvalue weighted by atomic mass is 10.1. The second kappa shape index (κ2) is 8.26. The Labute approximate surface area is 176 Å². The number of carbonyl (C=O) groups excluding carboxylic acids is 2. The Morgan fingerprint density at radius 1 is 1.33 bits per heavy atom. The number of aromatic amines is 1. The fourth-order valence-corrected chi connectivity index (χ4v) is 4.10. The van der Waals surface area contributed by atoms with Crippen LogP contribution in [0.1, 0.15) is 29.9 Å². The summed E-state index contributed by atoms with van der Waals surface area (Å²) >= 11 is 0. The number of carbonyl (C=O) groups is 2. The number of hydrogen-bond donors (Lipinski definition) is 2. The topological polar surface area (TPSA) is 79.4 Å². The van der Waals surface area contributed by atoms with Crippen molar-refractivity contribution in [3.05, 3.63) is 54.0 Å². The van der Waals surface area contributed by atoms with Crippen LogP contribution in [0.2, 0.25) is 0 Å². The zero-order valence-electron chi connectivity index (χ0n) is 17.6. The molecule has 0 saturated carbocycles. The van der Waals surface area contributed by atoms with E-state index in [-0.39, 0.29) is 17.7 Å². The minimum Gasteiger partial charge on any atom is -0.497 e. The molecule has 7 nitrogen and oxygen atoms in total. The summed E-state index contributed by atoms with van der Waals surface area (Å²) in [5.41, 5.74) is 2.81. The number of ether oxygens (including phenoxy) is 1. The number of hydrogen-bond acceptors (Lipinski definition) is 3. The molecular formula is C23H28N4O3. The fraction of sp³-hybridized carbons (Fsp3) is 0.391. The fourth-order valence-electron chi connectivity index (χ4n) is 4.10. The van der Waals surface area contributed by atoms with Crippen LogP contribution in [0.4, 0.5) is 0 Å². The van der Waals surface area contributed by atoms with Crippen LogP contribution in [-0.2, 0) is 17.8 Å². The van der Waals surface area contributed by atoms with Gasteiger partial charge in [-0.3, -0.25) is 9.59 Å². The Morgan fingerprint density at radius 3 is 2.93 bits per heavy atom. The highest BCUT2D eigenvalue weighted by atomic mass is 16.5. The van der Waals surface area contributed by atoms with E-state index in [0.29, 0.717) is 31.7 Å². The second-order valence-corrected chi connectivity index (χ2v) is 8.18. The predicted molar refractivity (Wildman–Crippen MR) is 116 cm³/mol.